The minimum absolute atomic E-state index is 0.0174. The van der Waals surface area contributed by atoms with E-state index in [1.165, 1.54) is 0 Å². The van der Waals surface area contributed by atoms with Crippen LogP contribution >= 0.6 is 0 Å². The number of carbonyl (C=O) groups is 2. The molecule has 2 aromatic carbocycles. The predicted molar refractivity (Wildman–Crippen MR) is 129 cm³/mol. The van der Waals surface area contributed by atoms with E-state index >= 15 is 0 Å². The summed E-state index contributed by atoms with van der Waals surface area (Å²) in [6.45, 7) is 5.72. The van der Waals surface area contributed by atoms with E-state index in [1.807, 2.05) is 49.4 Å². The number of anilines is 1. The van der Waals surface area contributed by atoms with Crippen LogP contribution in [0.25, 0.3) is 0 Å². The molecule has 2 amide bonds. The molecule has 2 fully saturated rings. The van der Waals surface area contributed by atoms with Crippen molar-refractivity contribution in [2.45, 2.75) is 19.4 Å². The third-order valence-corrected chi connectivity index (χ3v) is 6.58. The minimum atomic E-state index is -0.404. The summed E-state index contributed by atoms with van der Waals surface area (Å²) in [5.74, 6) is 0.855. The molecule has 0 radical (unpaired) electrons. The smallest absolute Gasteiger partial charge is 0.227 e. The fourth-order valence-electron chi connectivity index (χ4n) is 4.64. The SMILES string of the molecule is COc1ccc(C(CNC(=O)C2CC(=O)N(c3cc(C)ccc3OC)C2)N2CCOCC2)cc1. The Morgan fingerprint density at radius 1 is 1.12 bits per heavy atom. The van der Waals surface area contributed by atoms with Crippen LogP contribution in [0, 0.1) is 12.8 Å². The van der Waals surface area contributed by atoms with E-state index < -0.39 is 5.92 Å². The molecule has 0 bridgehead atoms. The van der Waals surface area contributed by atoms with Crippen molar-refractivity contribution >= 4 is 17.5 Å². The van der Waals surface area contributed by atoms with Crippen molar-refractivity contribution in [3.05, 3.63) is 53.6 Å². The molecule has 2 saturated heterocycles. The van der Waals surface area contributed by atoms with Crippen LogP contribution in [-0.2, 0) is 14.3 Å². The van der Waals surface area contributed by atoms with Crippen molar-refractivity contribution in [2.24, 2.45) is 5.92 Å². The number of methoxy groups -OCH3 is 2. The Hall–Kier alpha value is -3.10. The number of benzene rings is 2. The van der Waals surface area contributed by atoms with Crippen LogP contribution in [0.5, 0.6) is 11.5 Å². The number of ether oxygens (including phenoxy) is 3. The number of amides is 2. The third-order valence-electron chi connectivity index (χ3n) is 6.58. The van der Waals surface area contributed by atoms with Gasteiger partial charge in [0.2, 0.25) is 11.8 Å². The van der Waals surface area contributed by atoms with Gasteiger partial charge in [-0.15, -0.1) is 0 Å². The van der Waals surface area contributed by atoms with Gasteiger partial charge in [-0.3, -0.25) is 14.5 Å². The molecule has 0 aliphatic carbocycles. The number of nitrogens with one attached hydrogen (secondary N) is 1. The largest absolute Gasteiger partial charge is 0.497 e. The van der Waals surface area contributed by atoms with Gasteiger partial charge in [0.25, 0.3) is 0 Å². The predicted octanol–water partition coefficient (Wildman–Crippen LogP) is 2.55. The molecule has 4 rings (SSSR count). The van der Waals surface area contributed by atoms with Gasteiger partial charge >= 0.3 is 0 Å². The Bertz CT molecular complexity index is 1000. The number of rotatable bonds is 8. The van der Waals surface area contributed by atoms with Crippen LogP contribution in [0.4, 0.5) is 5.69 Å². The number of aryl methyl sites for hydroxylation is 1. The Morgan fingerprint density at radius 2 is 1.85 bits per heavy atom. The molecule has 1 N–H and O–H groups in total. The fraction of sp³-hybridized carbons (Fsp3) is 0.462. The topological polar surface area (TPSA) is 80.3 Å². The van der Waals surface area contributed by atoms with E-state index in [0.29, 0.717) is 37.7 Å². The molecule has 182 valence electrons. The molecule has 8 heteroatoms. The van der Waals surface area contributed by atoms with Gasteiger partial charge in [0.15, 0.2) is 0 Å². The molecule has 2 aliphatic heterocycles. The lowest BCUT2D eigenvalue weighted by Gasteiger charge is -2.35. The summed E-state index contributed by atoms with van der Waals surface area (Å²) in [5, 5.41) is 3.12. The molecule has 2 unspecified atom stereocenters. The minimum Gasteiger partial charge on any atom is -0.497 e. The maximum absolute atomic E-state index is 13.1. The van der Waals surface area contributed by atoms with Crippen LogP contribution in [0.3, 0.4) is 0 Å². The van der Waals surface area contributed by atoms with Gasteiger partial charge in [0.1, 0.15) is 11.5 Å². The summed E-state index contributed by atoms with van der Waals surface area (Å²) in [4.78, 5) is 29.9. The molecule has 2 atom stereocenters. The average Bonchev–Trinajstić information content (AvgIpc) is 3.26. The standard InChI is InChI=1S/C26H33N3O5/c1-18-4-9-24(33-3)22(14-18)29-17-20(15-25(29)30)26(31)27-16-23(28-10-12-34-13-11-28)19-5-7-21(32-2)8-6-19/h4-9,14,20,23H,10-13,15-17H2,1-3H3,(H,27,31). The highest BCUT2D eigenvalue weighted by molar-refractivity contribution is 6.01. The highest BCUT2D eigenvalue weighted by Crippen LogP contribution is 2.34. The third kappa shape index (κ3) is 5.34. The summed E-state index contributed by atoms with van der Waals surface area (Å²) < 4.78 is 16.3. The molecular formula is C26H33N3O5. The van der Waals surface area contributed by atoms with E-state index in [1.54, 1.807) is 19.1 Å². The number of hydrogen-bond acceptors (Lipinski definition) is 6. The van der Waals surface area contributed by atoms with Crippen molar-refractivity contribution in [1.29, 1.82) is 0 Å². The van der Waals surface area contributed by atoms with E-state index in [-0.39, 0.29) is 24.3 Å². The molecule has 0 aromatic heterocycles. The van der Waals surface area contributed by atoms with Gasteiger partial charge in [0.05, 0.1) is 45.1 Å². The van der Waals surface area contributed by atoms with Gasteiger partial charge in [-0.1, -0.05) is 18.2 Å². The molecule has 0 saturated carbocycles. The average molecular weight is 468 g/mol. The van der Waals surface area contributed by atoms with Crippen LogP contribution in [-0.4, -0.2) is 70.3 Å². The summed E-state index contributed by atoms with van der Waals surface area (Å²) in [7, 11) is 3.23. The second kappa shape index (κ2) is 10.9. The summed E-state index contributed by atoms with van der Waals surface area (Å²) >= 11 is 0. The van der Waals surface area contributed by atoms with E-state index in [0.717, 1.165) is 30.0 Å². The zero-order valence-corrected chi connectivity index (χ0v) is 20.1. The first-order valence-corrected chi connectivity index (χ1v) is 11.7. The van der Waals surface area contributed by atoms with Crippen LogP contribution in [0.15, 0.2) is 42.5 Å². The first-order chi connectivity index (χ1) is 16.5. The van der Waals surface area contributed by atoms with Crippen LogP contribution < -0.4 is 19.7 Å². The molecular weight excluding hydrogens is 434 g/mol. The van der Waals surface area contributed by atoms with E-state index in [2.05, 4.69) is 10.2 Å². The summed E-state index contributed by atoms with van der Waals surface area (Å²) in [5.41, 5.74) is 2.85. The number of morpholine rings is 1. The molecule has 34 heavy (non-hydrogen) atoms. The first kappa shape index (κ1) is 24.0. The highest BCUT2D eigenvalue weighted by atomic mass is 16.5. The van der Waals surface area contributed by atoms with E-state index in [9.17, 15) is 9.59 Å². The molecule has 0 spiro atoms. The van der Waals surface area contributed by atoms with Crippen molar-refractivity contribution in [3.8, 4) is 11.5 Å². The molecule has 8 nitrogen and oxygen atoms in total. The maximum atomic E-state index is 13.1. The molecule has 2 aromatic rings. The Balaban J connectivity index is 1.44. The highest BCUT2D eigenvalue weighted by Gasteiger charge is 2.36. The maximum Gasteiger partial charge on any atom is 0.227 e. The van der Waals surface area contributed by atoms with Crippen molar-refractivity contribution in [3.63, 3.8) is 0 Å². The Labute approximate surface area is 200 Å². The normalized spacial score (nSPS) is 19.7. The second-order valence-corrected chi connectivity index (χ2v) is 8.76. The van der Waals surface area contributed by atoms with Crippen LogP contribution in [0.2, 0.25) is 0 Å². The van der Waals surface area contributed by atoms with Crippen molar-refractivity contribution < 1.29 is 23.8 Å². The lowest BCUT2D eigenvalue weighted by atomic mass is 10.0. The molecule has 2 heterocycles. The van der Waals surface area contributed by atoms with Gasteiger partial charge < -0.3 is 24.4 Å². The summed E-state index contributed by atoms with van der Waals surface area (Å²) in [6, 6.07) is 13.7. The van der Waals surface area contributed by atoms with E-state index in [4.69, 9.17) is 14.2 Å². The number of carbonyl (C=O) groups excluding carboxylic acids is 2. The van der Waals surface area contributed by atoms with Gasteiger partial charge in [0, 0.05) is 32.6 Å². The lowest BCUT2D eigenvalue weighted by Crippen LogP contribution is -2.45. The monoisotopic (exact) mass is 467 g/mol. The van der Waals surface area contributed by atoms with Gasteiger partial charge in [-0.05, 0) is 42.3 Å². The van der Waals surface area contributed by atoms with Crippen molar-refractivity contribution in [2.75, 3.05) is 58.5 Å². The zero-order chi connectivity index (χ0) is 24.1. The summed E-state index contributed by atoms with van der Waals surface area (Å²) in [6.07, 6.45) is 0.188. The fourth-order valence-corrected chi connectivity index (χ4v) is 4.64. The first-order valence-electron chi connectivity index (χ1n) is 11.7. The second-order valence-electron chi connectivity index (χ2n) is 8.76. The quantitative estimate of drug-likeness (QED) is 0.643. The number of hydrogen-bond donors (Lipinski definition) is 1. The Kier molecular flexibility index (Phi) is 7.70. The van der Waals surface area contributed by atoms with Crippen LogP contribution in [0.1, 0.15) is 23.6 Å². The van der Waals surface area contributed by atoms with Gasteiger partial charge in [-0.2, -0.15) is 0 Å². The lowest BCUT2D eigenvalue weighted by molar-refractivity contribution is -0.126. The van der Waals surface area contributed by atoms with Gasteiger partial charge in [-0.25, -0.2) is 0 Å². The zero-order valence-electron chi connectivity index (χ0n) is 20.1. The number of nitrogens with zero attached hydrogens (tertiary/aromatic N) is 2. The Morgan fingerprint density at radius 3 is 2.53 bits per heavy atom. The van der Waals surface area contributed by atoms with Crippen molar-refractivity contribution in [1.82, 2.24) is 10.2 Å². The molecule has 2 aliphatic rings.